The summed E-state index contributed by atoms with van der Waals surface area (Å²) >= 11 is 1.34. The molecule has 0 aliphatic rings. The van der Waals surface area contributed by atoms with Gasteiger partial charge in [0.05, 0.1) is 18.6 Å². The van der Waals surface area contributed by atoms with Crippen molar-refractivity contribution in [3.8, 4) is 22.8 Å². The van der Waals surface area contributed by atoms with Gasteiger partial charge in [-0.1, -0.05) is 48.2 Å². The number of benzene rings is 3. The second kappa shape index (κ2) is 9.68. The molecule has 0 bridgehead atoms. The minimum Gasteiger partial charge on any atom is -0.495 e. The molecule has 0 saturated heterocycles. The third-order valence-electron chi connectivity index (χ3n) is 5.68. The molecular weight excluding hydrogens is 458 g/mol. The number of fused-ring (bicyclic) bond motifs is 1. The highest BCUT2D eigenvalue weighted by molar-refractivity contribution is 7.99. The van der Waals surface area contributed by atoms with Crippen LogP contribution in [0.2, 0.25) is 0 Å². The van der Waals surface area contributed by atoms with Crippen molar-refractivity contribution in [1.82, 2.24) is 19.7 Å². The third kappa shape index (κ3) is 4.65. The van der Waals surface area contributed by atoms with Crippen LogP contribution >= 0.6 is 11.8 Å². The summed E-state index contributed by atoms with van der Waals surface area (Å²) in [4.78, 5) is 16.1. The summed E-state index contributed by atoms with van der Waals surface area (Å²) in [6, 6.07) is 22.0. The van der Waals surface area contributed by atoms with Gasteiger partial charge in [-0.05, 0) is 55.3 Å². The molecule has 1 amide bonds. The van der Waals surface area contributed by atoms with Crippen molar-refractivity contribution in [1.29, 1.82) is 0 Å². The standard InChI is InChI=1S/C27H25N5O2S/c1-17-7-6-8-19(13-17)32-26(21-15-28-22-10-5-4-9-20(21)22)30-31-27(32)35-16-25(33)29-23-14-18(2)11-12-24(23)34-3/h4-15,28H,16H2,1-3H3,(H,29,33). The van der Waals surface area contributed by atoms with E-state index in [1.165, 1.54) is 11.8 Å². The van der Waals surface area contributed by atoms with E-state index in [0.29, 0.717) is 16.6 Å². The predicted molar refractivity (Wildman–Crippen MR) is 140 cm³/mol. The molecule has 3 aromatic carbocycles. The first kappa shape index (κ1) is 22.7. The largest absolute Gasteiger partial charge is 0.495 e. The molecule has 2 aromatic heterocycles. The normalized spacial score (nSPS) is 11.1. The van der Waals surface area contributed by atoms with Crippen LogP contribution in [0.3, 0.4) is 0 Å². The minimum absolute atomic E-state index is 0.147. The molecule has 0 unspecified atom stereocenters. The number of hydrogen-bond donors (Lipinski definition) is 2. The maximum atomic E-state index is 12.8. The molecule has 0 aliphatic carbocycles. The Morgan fingerprint density at radius 1 is 1.03 bits per heavy atom. The van der Waals surface area contributed by atoms with Gasteiger partial charge >= 0.3 is 0 Å². The second-order valence-electron chi connectivity index (χ2n) is 8.27. The maximum Gasteiger partial charge on any atom is 0.234 e. The highest BCUT2D eigenvalue weighted by Gasteiger charge is 2.20. The number of carbonyl (C=O) groups excluding carboxylic acids is 1. The Kier molecular flexibility index (Phi) is 6.29. The van der Waals surface area contributed by atoms with E-state index < -0.39 is 0 Å². The van der Waals surface area contributed by atoms with Crippen molar-refractivity contribution in [2.24, 2.45) is 0 Å². The zero-order valence-electron chi connectivity index (χ0n) is 19.7. The fraction of sp³-hybridized carbons (Fsp3) is 0.148. The van der Waals surface area contributed by atoms with E-state index in [1.54, 1.807) is 7.11 Å². The van der Waals surface area contributed by atoms with Crippen LogP contribution < -0.4 is 10.1 Å². The van der Waals surface area contributed by atoms with Gasteiger partial charge in [0.2, 0.25) is 5.91 Å². The van der Waals surface area contributed by atoms with E-state index in [9.17, 15) is 4.79 Å². The fourth-order valence-corrected chi connectivity index (χ4v) is 4.78. The Bertz CT molecular complexity index is 1520. The van der Waals surface area contributed by atoms with Crippen LogP contribution in [-0.2, 0) is 4.79 Å². The number of ether oxygens (including phenoxy) is 1. The molecule has 0 fully saturated rings. The molecule has 2 heterocycles. The number of methoxy groups -OCH3 is 1. The molecule has 5 aromatic rings. The zero-order chi connectivity index (χ0) is 24.4. The monoisotopic (exact) mass is 483 g/mol. The van der Waals surface area contributed by atoms with Crippen molar-refractivity contribution >= 4 is 34.3 Å². The van der Waals surface area contributed by atoms with Crippen LogP contribution in [0.5, 0.6) is 5.75 Å². The first-order valence-corrected chi connectivity index (χ1v) is 12.2. The van der Waals surface area contributed by atoms with Gasteiger partial charge in [-0.2, -0.15) is 0 Å². The molecule has 2 N–H and O–H groups in total. The van der Waals surface area contributed by atoms with Crippen molar-refractivity contribution in [3.05, 3.63) is 84.1 Å². The van der Waals surface area contributed by atoms with Crippen molar-refractivity contribution < 1.29 is 9.53 Å². The number of aromatic amines is 1. The minimum atomic E-state index is -0.147. The number of carbonyl (C=O) groups is 1. The van der Waals surface area contributed by atoms with Gasteiger partial charge in [0.25, 0.3) is 0 Å². The number of aromatic nitrogens is 4. The van der Waals surface area contributed by atoms with E-state index >= 15 is 0 Å². The molecular formula is C27H25N5O2S. The number of H-pyrrole nitrogens is 1. The lowest BCUT2D eigenvalue weighted by molar-refractivity contribution is -0.113. The quantitative estimate of drug-likeness (QED) is 0.287. The Balaban J connectivity index is 1.47. The molecule has 7 nitrogen and oxygen atoms in total. The van der Waals surface area contributed by atoms with E-state index in [1.807, 2.05) is 66.2 Å². The smallest absolute Gasteiger partial charge is 0.234 e. The van der Waals surface area contributed by atoms with Crippen LogP contribution in [0.25, 0.3) is 28.0 Å². The highest BCUT2D eigenvalue weighted by Crippen LogP contribution is 2.33. The number of hydrogen-bond acceptors (Lipinski definition) is 5. The van der Waals surface area contributed by atoms with Crippen molar-refractivity contribution in [2.45, 2.75) is 19.0 Å². The van der Waals surface area contributed by atoms with Gasteiger partial charge in [0.1, 0.15) is 5.75 Å². The van der Waals surface area contributed by atoms with Crippen LogP contribution in [-0.4, -0.2) is 38.5 Å². The first-order valence-electron chi connectivity index (χ1n) is 11.2. The van der Waals surface area contributed by atoms with Crippen LogP contribution in [0, 0.1) is 13.8 Å². The molecule has 8 heteroatoms. The van der Waals surface area contributed by atoms with Gasteiger partial charge in [-0.15, -0.1) is 10.2 Å². The molecule has 0 aliphatic heterocycles. The van der Waals surface area contributed by atoms with Gasteiger partial charge in [-0.25, -0.2) is 0 Å². The Hall–Kier alpha value is -4.04. The number of aryl methyl sites for hydroxylation is 2. The molecule has 176 valence electrons. The SMILES string of the molecule is COc1ccc(C)cc1NC(=O)CSc1nnc(-c2c[nH]c3ccccc23)n1-c1cccc(C)c1. The highest BCUT2D eigenvalue weighted by atomic mass is 32.2. The zero-order valence-corrected chi connectivity index (χ0v) is 20.5. The Morgan fingerprint density at radius 2 is 1.86 bits per heavy atom. The Morgan fingerprint density at radius 3 is 2.69 bits per heavy atom. The summed E-state index contributed by atoms with van der Waals surface area (Å²) in [5.74, 6) is 1.37. The first-order chi connectivity index (χ1) is 17.0. The summed E-state index contributed by atoms with van der Waals surface area (Å²) < 4.78 is 7.39. The average Bonchev–Trinajstić information content (AvgIpc) is 3.47. The van der Waals surface area contributed by atoms with Crippen LogP contribution in [0.15, 0.2) is 78.1 Å². The number of nitrogens with zero attached hydrogens (tertiary/aromatic N) is 3. The molecule has 0 saturated carbocycles. The number of amides is 1. The number of thioether (sulfide) groups is 1. The number of anilines is 1. The summed E-state index contributed by atoms with van der Waals surface area (Å²) in [6.07, 6.45) is 1.95. The average molecular weight is 484 g/mol. The number of rotatable bonds is 7. The summed E-state index contributed by atoms with van der Waals surface area (Å²) in [7, 11) is 1.59. The maximum absolute atomic E-state index is 12.8. The van der Waals surface area contributed by atoms with Crippen LogP contribution in [0.1, 0.15) is 11.1 Å². The van der Waals surface area contributed by atoms with E-state index in [0.717, 1.165) is 39.1 Å². The second-order valence-corrected chi connectivity index (χ2v) is 9.21. The van der Waals surface area contributed by atoms with Gasteiger partial charge in [0.15, 0.2) is 11.0 Å². The molecule has 5 rings (SSSR count). The van der Waals surface area contributed by atoms with Crippen molar-refractivity contribution in [2.75, 3.05) is 18.2 Å². The lowest BCUT2D eigenvalue weighted by Crippen LogP contribution is -2.15. The van der Waals surface area contributed by atoms with Crippen LogP contribution in [0.4, 0.5) is 5.69 Å². The Labute approximate surface area is 207 Å². The topological polar surface area (TPSA) is 84.8 Å². The van der Waals surface area contributed by atoms with Gasteiger partial charge in [-0.3, -0.25) is 9.36 Å². The summed E-state index contributed by atoms with van der Waals surface area (Å²) in [5, 5.41) is 13.7. The lowest BCUT2D eigenvalue weighted by atomic mass is 10.1. The van der Waals surface area contributed by atoms with Gasteiger partial charge in [0, 0.05) is 28.4 Å². The lowest BCUT2D eigenvalue weighted by Gasteiger charge is -2.12. The number of nitrogens with one attached hydrogen (secondary N) is 2. The summed E-state index contributed by atoms with van der Waals surface area (Å²) in [5.41, 5.74) is 5.74. The summed E-state index contributed by atoms with van der Waals surface area (Å²) in [6.45, 7) is 4.02. The number of para-hydroxylation sites is 1. The third-order valence-corrected chi connectivity index (χ3v) is 6.61. The molecule has 0 radical (unpaired) electrons. The molecule has 35 heavy (non-hydrogen) atoms. The molecule has 0 spiro atoms. The predicted octanol–water partition coefficient (Wildman–Crippen LogP) is 5.77. The van der Waals surface area contributed by atoms with E-state index in [2.05, 4.69) is 45.6 Å². The van der Waals surface area contributed by atoms with Gasteiger partial charge < -0.3 is 15.0 Å². The van der Waals surface area contributed by atoms with E-state index in [4.69, 9.17) is 4.74 Å². The fourth-order valence-electron chi connectivity index (χ4n) is 4.03. The van der Waals surface area contributed by atoms with Crippen molar-refractivity contribution in [3.63, 3.8) is 0 Å². The van der Waals surface area contributed by atoms with E-state index in [-0.39, 0.29) is 11.7 Å². The molecule has 0 atom stereocenters.